The fourth-order valence-electron chi connectivity index (χ4n) is 2.46. The minimum atomic E-state index is -3.86. The van der Waals surface area contributed by atoms with E-state index in [0.717, 1.165) is 23.6 Å². The molecule has 0 spiro atoms. The fraction of sp³-hybridized carbons (Fsp3) is 0.692. The van der Waals surface area contributed by atoms with Gasteiger partial charge in [-0.2, -0.15) is 9.40 Å². The molecule has 1 aliphatic heterocycles. The zero-order valence-electron chi connectivity index (χ0n) is 12.9. The van der Waals surface area contributed by atoms with Gasteiger partial charge in [0, 0.05) is 32.3 Å². The molecule has 1 aromatic rings. The number of rotatable bonds is 6. The van der Waals surface area contributed by atoms with Crippen molar-refractivity contribution in [1.29, 1.82) is 0 Å². The molecule has 1 atom stereocenters. The molecule has 1 N–H and O–H groups in total. The van der Waals surface area contributed by atoms with Crippen LogP contribution in [0.5, 0.6) is 0 Å². The number of hydrogen-bond donors (Lipinski definition) is 1. The van der Waals surface area contributed by atoms with E-state index in [-0.39, 0.29) is 29.4 Å². The highest BCUT2D eigenvalue weighted by molar-refractivity contribution is 7.89. The number of ether oxygens (including phenoxy) is 1. The van der Waals surface area contributed by atoms with Crippen molar-refractivity contribution >= 4 is 16.0 Å². The van der Waals surface area contributed by atoms with Crippen LogP contribution in [0.2, 0.25) is 0 Å². The molecular weight excluding hydrogens is 310 g/mol. The summed E-state index contributed by atoms with van der Waals surface area (Å²) in [6.45, 7) is 4.43. The third-order valence-corrected chi connectivity index (χ3v) is 5.55. The Hall–Kier alpha value is -1.45. The summed E-state index contributed by atoms with van der Waals surface area (Å²) in [7, 11) is -2.46. The maximum absolute atomic E-state index is 12.8. The van der Waals surface area contributed by atoms with Gasteiger partial charge in [0.15, 0.2) is 5.03 Å². The van der Waals surface area contributed by atoms with Gasteiger partial charge in [-0.05, 0) is 26.7 Å². The van der Waals surface area contributed by atoms with Crippen LogP contribution in [-0.2, 0) is 21.8 Å². The summed E-state index contributed by atoms with van der Waals surface area (Å²) >= 11 is 0. The molecule has 1 saturated heterocycles. The second-order valence-electron chi connectivity index (χ2n) is 5.60. The second-order valence-corrected chi connectivity index (χ2v) is 7.44. The van der Waals surface area contributed by atoms with Crippen molar-refractivity contribution in [3.63, 3.8) is 0 Å². The van der Waals surface area contributed by atoms with Gasteiger partial charge >= 0.3 is 5.97 Å². The van der Waals surface area contributed by atoms with Crippen LogP contribution in [0, 0.1) is 0 Å². The first-order chi connectivity index (χ1) is 10.2. The zero-order valence-corrected chi connectivity index (χ0v) is 13.7. The van der Waals surface area contributed by atoms with Crippen molar-refractivity contribution in [2.24, 2.45) is 7.05 Å². The summed E-state index contributed by atoms with van der Waals surface area (Å²) in [6, 6.07) is 0.812. The molecule has 1 aromatic heterocycles. The highest BCUT2D eigenvalue weighted by Crippen LogP contribution is 2.22. The Labute approximate surface area is 129 Å². The second kappa shape index (κ2) is 6.35. The Balaban J connectivity index is 2.32. The van der Waals surface area contributed by atoms with E-state index in [0.29, 0.717) is 6.61 Å². The van der Waals surface area contributed by atoms with E-state index < -0.39 is 16.0 Å². The molecule has 8 nitrogen and oxygen atoms in total. The van der Waals surface area contributed by atoms with Gasteiger partial charge in [-0.1, -0.05) is 0 Å². The lowest BCUT2D eigenvalue weighted by Crippen LogP contribution is -2.42. The molecule has 0 radical (unpaired) electrons. The average Bonchev–Trinajstić information content (AvgIpc) is 3.04. The lowest BCUT2D eigenvalue weighted by molar-refractivity contribution is 0.0685. The van der Waals surface area contributed by atoms with Crippen molar-refractivity contribution in [2.75, 3.05) is 13.2 Å². The third-order valence-electron chi connectivity index (χ3n) is 3.63. The largest absolute Gasteiger partial charge is 0.477 e. The molecule has 2 heterocycles. The summed E-state index contributed by atoms with van der Waals surface area (Å²) in [5.74, 6) is -1.22. The minimum Gasteiger partial charge on any atom is -0.477 e. The number of aromatic nitrogens is 2. The predicted octanol–water partition coefficient (Wildman–Crippen LogP) is 0.696. The number of aryl methyl sites for hydroxylation is 1. The van der Waals surface area contributed by atoms with Crippen LogP contribution in [0.25, 0.3) is 0 Å². The predicted molar refractivity (Wildman–Crippen MR) is 78.2 cm³/mol. The SMILES string of the molecule is CC(C)N(CC1CCCO1)S(=O)(=O)c1cc(C(=O)O)n(C)n1. The van der Waals surface area contributed by atoms with Gasteiger partial charge in [-0.25, -0.2) is 13.2 Å². The molecule has 1 fully saturated rings. The molecule has 22 heavy (non-hydrogen) atoms. The Kier molecular flexibility index (Phi) is 4.88. The van der Waals surface area contributed by atoms with Crippen molar-refractivity contribution in [1.82, 2.24) is 14.1 Å². The van der Waals surface area contributed by atoms with Gasteiger partial charge in [0.05, 0.1) is 6.10 Å². The van der Waals surface area contributed by atoms with E-state index in [1.165, 1.54) is 11.4 Å². The maximum Gasteiger partial charge on any atom is 0.354 e. The maximum atomic E-state index is 12.8. The van der Waals surface area contributed by atoms with Crippen molar-refractivity contribution in [3.8, 4) is 0 Å². The molecule has 1 aliphatic rings. The van der Waals surface area contributed by atoms with Crippen molar-refractivity contribution < 1.29 is 23.1 Å². The fourth-order valence-corrected chi connectivity index (χ4v) is 4.11. The van der Waals surface area contributed by atoms with Gasteiger partial charge in [0.2, 0.25) is 0 Å². The Bertz CT molecular complexity index is 647. The third kappa shape index (κ3) is 3.31. The molecule has 0 amide bonds. The Morgan fingerprint density at radius 3 is 2.73 bits per heavy atom. The van der Waals surface area contributed by atoms with Crippen LogP contribution < -0.4 is 0 Å². The Morgan fingerprint density at radius 1 is 1.59 bits per heavy atom. The highest BCUT2D eigenvalue weighted by Gasteiger charge is 2.33. The van der Waals surface area contributed by atoms with E-state index >= 15 is 0 Å². The van der Waals surface area contributed by atoms with Gasteiger partial charge in [0.25, 0.3) is 10.0 Å². The Morgan fingerprint density at radius 2 is 2.27 bits per heavy atom. The van der Waals surface area contributed by atoms with Crippen LogP contribution >= 0.6 is 0 Å². The monoisotopic (exact) mass is 331 g/mol. The number of aromatic carboxylic acids is 1. The van der Waals surface area contributed by atoms with Crippen LogP contribution in [-0.4, -0.2) is 58.9 Å². The molecule has 1 unspecified atom stereocenters. The lowest BCUT2D eigenvalue weighted by Gasteiger charge is -2.27. The summed E-state index contributed by atoms with van der Waals surface area (Å²) in [4.78, 5) is 11.1. The van der Waals surface area contributed by atoms with E-state index in [1.54, 1.807) is 13.8 Å². The molecule has 124 valence electrons. The van der Waals surface area contributed by atoms with E-state index in [1.807, 2.05) is 0 Å². The van der Waals surface area contributed by atoms with Crippen LogP contribution in [0.3, 0.4) is 0 Å². The summed E-state index contributed by atoms with van der Waals surface area (Å²) < 4.78 is 33.4. The number of carboxylic acids is 1. The molecule has 2 rings (SSSR count). The first-order valence-electron chi connectivity index (χ1n) is 7.14. The molecule has 0 saturated carbocycles. The standard InChI is InChI=1S/C13H21N3O5S/c1-9(2)16(8-10-5-4-6-21-10)22(19,20)12-7-11(13(17)18)15(3)14-12/h7,9-10H,4-6,8H2,1-3H3,(H,17,18). The zero-order chi connectivity index (χ0) is 16.5. The molecular formula is C13H21N3O5S. The molecule has 0 bridgehead atoms. The van der Waals surface area contributed by atoms with Crippen molar-refractivity contribution in [2.45, 2.75) is 43.9 Å². The summed E-state index contributed by atoms with van der Waals surface area (Å²) in [5, 5.41) is 12.6. The number of hydrogen-bond acceptors (Lipinski definition) is 5. The van der Waals surface area contributed by atoms with E-state index in [4.69, 9.17) is 9.84 Å². The van der Waals surface area contributed by atoms with E-state index in [9.17, 15) is 13.2 Å². The van der Waals surface area contributed by atoms with Gasteiger partial charge in [-0.3, -0.25) is 4.68 Å². The van der Waals surface area contributed by atoms with Gasteiger partial charge in [0.1, 0.15) is 5.69 Å². The number of carbonyl (C=O) groups is 1. The molecule has 9 heteroatoms. The smallest absolute Gasteiger partial charge is 0.354 e. The topological polar surface area (TPSA) is 102 Å². The average molecular weight is 331 g/mol. The number of nitrogens with zero attached hydrogens (tertiary/aromatic N) is 3. The summed E-state index contributed by atoms with van der Waals surface area (Å²) in [6.07, 6.45) is 1.62. The van der Waals surface area contributed by atoms with Crippen LogP contribution in [0.4, 0.5) is 0 Å². The van der Waals surface area contributed by atoms with Crippen LogP contribution in [0.15, 0.2) is 11.1 Å². The van der Waals surface area contributed by atoms with Gasteiger partial charge < -0.3 is 9.84 Å². The highest BCUT2D eigenvalue weighted by atomic mass is 32.2. The first-order valence-corrected chi connectivity index (χ1v) is 8.58. The van der Waals surface area contributed by atoms with E-state index in [2.05, 4.69) is 5.10 Å². The van der Waals surface area contributed by atoms with Gasteiger partial charge in [-0.15, -0.1) is 0 Å². The molecule has 0 aromatic carbocycles. The number of carboxylic acid groups (broad SMARTS) is 1. The van der Waals surface area contributed by atoms with Crippen LogP contribution in [0.1, 0.15) is 37.2 Å². The first kappa shape index (κ1) is 16.9. The quantitative estimate of drug-likeness (QED) is 0.823. The minimum absolute atomic E-state index is 0.125. The number of sulfonamides is 1. The van der Waals surface area contributed by atoms with Crippen molar-refractivity contribution in [3.05, 3.63) is 11.8 Å². The summed E-state index contributed by atoms with van der Waals surface area (Å²) in [5.41, 5.74) is -0.167. The normalized spacial score (nSPS) is 19.2. The molecule has 0 aliphatic carbocycles. The lowest BCUT2D eigenvalue weighted by atomic mass is 10.2.